The van der Waals surface area contributed by atoms with E-state index in [1.165, 1.54) is 4.68 Å². The van der Waals surface area contributed by atoms with Gasteiger partial charge in [0.15, 0.2) is 5.65 Å². The normalized spacial score (nSPS) is 11.0. The van der Waals surface area contributed by atoms with E-state index in [1.807, 2.05) is 6.92 Å². The molecule has 2 rings (SSSR count). The molecule has 0 bridgehead atoms. The van der Waals surface area contributed by atoms with Crippen LogP contribution in [0.25, 0.3) is 11.0 Å². The molecule has 2 aromatic heterocycles. The largest absolute Gasteiger partial charge is 0.348 e. The highest BCUT2D eigenvalue weighted by molar-refractivity contribution is 6.34. The SMILES string of the molecule is Cc1nn(C)c2nc(=O)[nH]c(Cl)c12. The molecule has 0 aliphatic carbocycles. The molecule has 2 aromatic rings. The van der Waals surface area contributed by atoms with Crippen LogP contribution in [0, 0.1) is 6.92 Å². The Morgan fingerprint density at radius 3 is 2.92 bits per heavy atom. The molecule has 0 fully saturated rings. The summed E-state index contributed by atoms with van der Waals surface area (Å²) in [6.07, 6.45) is 0. The molecule has 5 nitrogen and oxygen atoms in total. The Hall–Kier alpha value is -1.36. The highest BCUT2D eigenvalue weighted by atomic mass is 35.5. The number of aryl methyl sites for hydroxylation is 2. The number of hydrogen-bond donors (Lipinski definition) is 1. The molecular weight excluding hydrogens is 192 g/mol. The minimum atomic E-state index is -0.458. The van der Waals surface area contributed by atoms with Crippen molar-refractivity contribution in [3.63, 3.8) is 0 Å². The van der Waals surface area contributed by atoms with Gasteiger partial charge >= 0.3 is 5.69 Å². The molecule has 0 aliphatic rings. The van der Waals surface area contributed by atoms with Gasteiger partial charge in [0, 0.05) is 7.05 Å². The molecule has 13 heavy (non-hydrogen) atoms. The third kappa shape index (κ3) is 1.12. The zero-order chi connectivity index (χ0) is 9.59. The van der Waals surface area contributed by atoms with Crippen LogP contribution in [0.4, 0.5) is 0 Å². The molecular formula is C7H7ClN4O. The van der Waals surface area contributed by atoms with E-state index in [0.717, 1.165) is 5.69 Å². The second kappa shape index (κ2) is 2.56. The van der Waals surface area contributed by atoms with Crippen LogP contribution in [0.5, 0.6) is 0 Å². The third-order valence-corrected chi connectivity index (χ3v) is 2.12. The van der Waals surface area contributed by atoms with Crippen molar-refractivity contribution in [2.75, 3.05) is 0 Å². The lowest BCUT2D eigenvalue weighted by Crippen LogP contribution is -2.11. The maximum Gasteiger partial charge on any atom is 0.348 e. The number of nitrogens with zero attached hydrogens (tertiary/aromatic N) is 3. The molecule has 2 heterocycles. The summed E-state index contributed by atoms with van der Waals surface area (Å²) in [7, 11) is 1.72. The first-order valence-corrected chi connectivity index (χ1v) is 4.06. The van der Waals surface area contributed by atoms with E-state index in [-0.39, 0.29) is 0 Å². The van der Waals surface area contributed by atoms with Crippen LogP contribution < -0.4 is 5.69 Å². The number of fused-ring (bicyclic) bond motifs is 1. The number of rotatable bonds is 0. The summed E-state index contributed by atoms with van der Waals surface area (Å²) in [6.45, 7) is 1.81. The van der Waals surface area contributed by atoms with Gasteiger partial charge in [-0.3, -0.25) is 4.98 Å². The number of halogens is 1. The number of H-pyrrole nitrogens is 1. The molecule has 0 atom stereocenters. The van der Waals surface area contributed by atoms with Crippen LogP contribution >= 0.6 is 11.6 Å². The monoisotopic (exact) mass is 198 g/mol. The van der Waals surface area contributed by atoms with Gasteiger partial charge < -0.3 is 0 Å². The third-order valence-electron chi connectivity index (χ3n) is 1.84. The van der Waals surface area contributed by atoms with Crippen LogP contribution in [0.2, 0.25) is 5.15 Å². The van der Waals surface area contributed by atoms with Crippen molar-refractivity contribution < 1.29 is 0 Å². The zero-order valence-electron chi connectivity index (χ0n) is 7.13. The summed E-state index contributed by atoms with van der Waals surface area (Å²) in [5.74, 6) is 0. The molecule has 1 N–H and O–H groups in total. The Kier molecular flexibility index (Phi) is 1.63. The van der Waals surface area contributed by atoms with Crippen LogP contribution in [-0.2, 0) is 7.05 Å². The lowest BCUT2D eigenvalue weighted by Gasteiger charge is -1.93. The Morgan fingerprint density at radius 2 is 2.23 bits per heavy atom. The Morgan fingerprint density at radius 1 is 1.54 bits per heavy atom. The van der Waals surface area contributed by atoms with Gasteiger partial charge in [-0.1, -0.05) is 11.6 Å². The summed E-state index contributed by atoms with van der Waals surface area (Å²) < 4.78 is 1.53. The molecule has 0 amide bonds. The molecule has 0 saturated heterocycles. The maximum absolute atomic E-state index is 11.0. The van der Waals surface area contributed by atoms with Gasteiger partial charge in [0.05, 0.1) is 11.1 Å². The first-order valence-electron chi connectivity index (χ1n) is 3.68. The van der Waals surface area contributed by atoms with Gasteiger partial charge in [-0.05, 0) is 6.92 Å². The first kappa shape index (κ1) is 8.25. The van der Waals surface area contributed by atoms with Crippen molar-refractivity contribution in [2.24, 2.45) is 7.05 Å². The Balaban J connectivity index is 3.06. The fraction of sp³-hybridized carbons (Fsp3) is 0.286. The number of hydrogen-bond acceptors (Lipinski definition) is 3. The fourth-order valence-corrected chi connectivity index (χ4v) is 1.61. The van der Waals surface area contributed by atoms with E-state index in [0.29, 0.717) is 16.2 Å². The topological polar surface area (TPSA) is 63.6 Å². The molecule has 0 saturated carbocycles. The van der Waals surface area contributed by atoms with Crippen LogP contribution in [0.1, 0.15) is 5.69 Å². The van der Waals surface area contributed by atoms with E-state index in [2.05, 4.69) is 15.1 Å². The molecule has 0 aliphatic heterocycles. The van der Waals surface area contributed by atoms with E-state index in [4.69, 9.17) is 11.6 Å². The maximum atomic E-state index is 11.0. The van der Waals surface area contributed by atoms with Crippen LogP contribution in [-0.4, -0.2) is 19.7 Å². The molecule has 0 unspecified atom stereocenters. The van der Waals surface area contributed by atoms with Gasteiger partial charge in [-0.15, -0.1) is 0 Å². The van der Waals surface area contributed by atoms with E-state index >= 15 is 0 Å². The second-order valence-electron chi connectivity index (χ2n) is 2.76. The summed E-state index contributed by atoms with van der Waals surface area (Å²) in [5, 5.41) is 5.09. The first-order chi connectivity index (χ1) is 6.09. The van der Waals surface area contributed by atoms with Gasteiger partial charge in [0.2, 0.25) is 0 Å². The highest BCUT2D eigenvalue weighted by Crippen LogP contribution is 2.20. The van der Waals surface area contributed by atoms with Gasteiger partial charge in [0.1, 0.15) is 5.15 Å². The van der Waals surface area contributed by atoms with Gasteiger partial charge in [-0.2, -0.15) is 10.1 Å². The van der Waals surface area contributed by atoms with E-state index < -0.39 is 5.69 Å². The lowest BCUT2D eigenvalue weighted by atomic mass is 10.3. The van der Waals surface area contributed by atoms with Crippen molar-refractivity contribution >= 4 is 22.6 Å². The van der Waals surface area contributed by atoms with Crippen LogP contribution in [0.15, 0.2) is 4.79 Å². The number of aromatic amines is 1. The molecule has 0 aromatic carbocycles. The summed E-state index contributed by atoms with van der Waals surface area (Å²) in [6, 6.07) is 0. The van der Waals surface area contributed by atoms with Crippen molar-refractivity contribution in [2.45, 2.75) is 6.92 Å². The highest BCUT2D eigenvalue weighted by Gasteiger charge is 2.10. The van der Waals surface area contributed by atoms with Crippen molar-refractivity contribution in [1.29, 1.82) is 0 Å². The van der Waals surface area contributed by atoms with Crippen molar-refractivity contribution in [3.05, 3.63) is 21.3 Å². The summed E-state index contributed by atoms with van der Waals surface area (Å²) >= 11 is 5.83. The van der Waals surface area contributed by atoms with Crippen LogP contribution in [0.3, 0.4) is 0 Å². The standard InChI is InChI=1S/C7H7ClN4O/c1-3-4-5(8)9-7(13)10-6(4)12(2)11-3/h1-2H3,(H,9,10,13). The van der Waals surface area contributed by atoms with Crippen molar-refractivity contribution in [1.82, 2.24) is 19.7 Å². The molecule has 6 heteroatoms. The Bertz CT molecular complexity index is 527. The molecule has 0 radical (unpaired) electrons. The fourth-order valence-electron chi connectivity index (χ4n) is 1.31. The lowest BCUT2D eigenvalue weighted by molar-refractivity contribution is 0.771. The predicted molar refractivity (Wildman–Crippen MR) is 48.9 cm³/mol. The zero-order valence-corrected chi connectivity index (χ0v) is 7.88. The minimum absolute atomic E-state index is 0.292. The molecule has 68 valence electrons. The smallest absolute Gasteiger partial charge is 0.296 e. The average Bonchev–Trinajstić information content (AvgIpc) is 2.27. The minimum Gasteiger partial charge on any atom is -0.296 e. The van der Waals surface area contributed by atoms with E-state index in [1.54, 1.807) is 7.05 Å². The van der Waals surface area contributed by atoms with Crippen molar-refractivity contribution in [3.8, 4) is 0 Å². The summed E-state index contributed by atoms with van der Waals surface area (Å²) in [5.41, 5.74) is 0.804. The molecule has 0 spiro atoms. The average molecular weight is 199 g/mol. The summed E-state index contributed by atoms with van der Waals surface area (Å²) in [4.78, 5) is 17.1. The van der Waals surface area contributed by atoms with E-state index in [9.17, 15) is 4.79 Å². The van der Waals surface area contributed by atoms with Gasteiger partial charge in [0.25, 0.3) is 0 Å². The number of aromatic nitrogens is 4. The second-order valence-corrected chi connectivity index (χ2v) is 3.14. The predicted octanol–water partition coefficient (Wildman–Crippen LogP) is 0.618. The van der Waals surface area contributed by atoms with Gasteiger partial charge in [-0.25, -0.2) is 9.48 Å². The Labute approximate surface area is 78.4 Å². The quantitative estimate of drug-likeness (QED) is 0.632. The number of nitrogens with one attached hydrogen (secondary N) is 1.